The van der Waals surface area contributed by atoms with Gasteiger partial charge < -0.3 is 10.0 Å². The third-order valence-electron chi connectivity index (χ3n) is 3.09. The number of benzene rings is 1. The highest BCUT2D eigenvalue weighted by atomic mass is 35.5. The molecule has 1 N–H and O–H groups in total. The molecule has 3 nitrogen and oxygen atoms in total. The van der Waals surface area contributed by atoms with E-state index >= 15 is 0 Å². The minimum atomic E-state index is -0.00144. The number of aryl methyl sites for hydroxylation is 1. The molecule has 4 heteroatoms. The molecule has 1 unspecified atom stereocenters. The lowest BCUT2D eigenvalue weighted by Crippen LogP contribution is -2.40. The van der Waals surface area contributed by atoms with E-state index in [2.05, 4.69) is 0 Å². The fourth-order valence-corrected chi connectivity index (χ4v) is 2.40. The summed E-state index contributed by atoms with van der Waals surface area (Å²) in [5, 5.41) is 9.49. The molecular weight excluding hydrogens is 238 g/mol. The molecule has 1 fully saturated rings. The maximum Gasteiger partial charge on any atom is 0.253 e. The first kappa shape index (κ1) is 12.2. The second-order valence-electron chi connectivity index (χ2n) is 4.49. The Morgan fingerprint density at radius 1 is 1.53 bits per heavy atom. The van der Waals surface area contributed by atoms with E-state index < -0.39 is 0 Å². The first-order chi connectivity index (χ1) is 8.08. The fourth-order valence-electron chi connectivity index (χ4n) is 2.08. The Hall–Kier alpha value is -1.22. The van der Waals surface area contributed by atoms with E-state index in [1.807, 2.05) is 0 Å². The molecule has 0 radical (unpaired) electrons. The van der Waals surface area contributed by atoms with E-state index in [0.717, 1.165) is 24.9 Å². The molecule has 2 rings (SSSR count). The molecule has 0 bridgehead atoms. The van der Waals surface area contributed by atoms with Gasteiger partial charge in [-0.25, -0.2) is 0 Å². The van der Waals surface area contributed by atoms with E-state index in [9.17, 15) is 9.90 Å². The molecule has 1 aromatic carbocycles. The highest BCUT2D eigenvalue weighted by Crippen LogP contribution is 2.21. The van der Waals surface area contributed by atoms with Gasteiger partial charge >= 0.3 is 0 Å². The summed E-state index contributed by atoms with van der Waals surface area (Å²) >= 11 is 6.07. The van der Waals surface area contributed by atoms with Crippen LogP contribution in [-0.4, -0.2) is 34.4 Å². The van der Waals surface area contributed by atoms with Crippen molar-refractivity contribution >= 4 is 17.5 Å². The number of nitrogens with zero attached hydrogens (tertiary/aromatic N) is 1. The lowest BCUT2D eigenvalue weighted by atomic mass is 10.1. The van der Waals surface area contributed by atoms with Gasteiger partial charge in [-0.3, -0.25) is 4.79 Å². The van der Waals surface area contributed by atoms with Crippen molar-refractivity contribution in [2.45, 2.75) is 25.1 Å². The van der Waals surface area contributed by atoms with Crippen LogP contribution in [0.1, 0.15) is 28.8 Å². The minimum absolute atomic E-state index is 0.00144. The fraction of sp³-hybridized carbons (Fsp3) is 0.462. The molecule has 0 aliphatic carbocycles. The van der Waals surface area contributed by atoms with Crippen LogP contribution in [0.25, 0.3) is 0 Å². The molecule has 1 aromatic rings. The van der Waals surface area contributed by atoms with Crippen molar-refractivity contribution in [1.29, 1.82) is 0 Å². The van der Waals surface area contributed by atoms with Crippen LogP contribution in [0.4, 0.5) is 0 Å². The number of piperidine rings is 1. The Balaban J connectivity index is 2.15. The number of carbonyl (C=O) groups excluding carboxylic acids is 1. The maximum absolute atomic E-state index is 12.2. The van der Waals surface area contributed by atoms with Gasteiger partial charge in [-0.15, -0.1) is 11.6 Å². The Kier molecular flexibility index (Phi) is 3.57. The van der Waals surface area contributed by atoms with Crippen molar-refractivity contribution in [1.82, 2.24) is 4.90 Å². The number of hydrogen-bond acceptors (Lipinski definition) is 2. The largest absolute Gasteiger partial charge is 0.508 e. The zero-order valence-electron chi connectivity index (χ0n) is 9.82. The number of halogens is 1. The van der Waals surface area contributed by atoms with Gasteiger partial charge in [0.05, 0.1) is 5.38 Å². The van der Waals surface area contributed by atoms with Crippen molar-refractivity contribution in [3.05, 3.63) is 29.3 Å². The maximum atomic E-state index is 12.2. The molecule has 1 aliphatic heterocycles. The molecule has 1 heterocycles. The van der Waals surface area contributed by atoms with E-state index in [1.54, 1.807) is 30.0 Å². The number of carbonyl (C=O) groups is 1. The number of aromatic hydroxyl groups is 1. The molecular formula is C13H16ClNO2. The molecule has 1 aliphatic rings. The van der Waals surface area contributed by atoms with Crippen molar-refractivity contribution in [3.8, 4) is 5.75 Å². The predicted molar refractivity (Wildman–Crippen MR) is 67.6 cm³/mol. The van der Waals surface area contributed by atoms with E-state index in [0.29, 0.717) is 12.1 Å². The van der Waals surface area contributed by atoms with Gasteiger partial charge in [-0.2, -0.15) is 0 Å². The molecule has 1 saturated heterocycles. The highest BCUT2D eigenvalue weighted by molar-refractivity contribution is 6.21. The van der Waals surface area contributed by atoms with E-state index in [-0.39, 0.29) is 17.0 Å². The smallest absolute Gasteiger partial charge is 0.253 e. The first-order valence-corrected chi connectivity index (χ1v) is 6.24. The lowest BCUT2D eigenvalue weighted by Gasteiger charge is -2.30. The quantitative estimate of drug-likeness (QED) is 0.782. The number of rotatable bonds is 1. The van der Waals surface area contributed by atoms with Gasteiger partial charge in [0.2, 0.25) is 0 Å². The summed E-state index contributed by atoms with van der Waals surface area (Å²) in [6.07, 6.45) is 1.93. The third kappa shape index (κ3) is 2.72. The zero-order chi connectivity index (χ0) is 12.4. The average Bonchev–Trinajstić information content (AvgIpc) is 2.32. The summed E-state index contributed by atoms with van der Waals surface area (Å²) in [5.41, 5.74) is 1.33. The van der Waals surface area contributed by atoms with Gasteiger partial charge in [0.1, 0.15) is 5.75 Å². The Morgan fingerprint density at radius 2 is 2.29 bits per heavy atom. The van der Waals surface area contributed by atoms with Gasteiger partial charge in [0.25, 0.3) is 5.91 Å². The van der Waals surface area contributed by atoms with Crippen molar-refractivity contribution < 1.29 is 9.90 Å². The van der Waals surface area contributed by atoms with E-state index in [4.69, 9.17) is 11.6 Å². The van der Waals surface area contributed by atoms with E-state index in [1.165, 1.54) is 0 Å². The predicted octanol–water partition coefficient (Wildman–Crippen LogP) is 2.54. The zero-order valence-corrected chi connectivity index (χ0v) is 10.6. The molecule has 17 heavy (non-hydrogen) atoms. The molecule has 1 amide bonds. The van der Waals surface area contributed by atoms with Crippen LogP contribution in [0, 0.1) is 6.92 Å². The Labute approximate surface area is 106 Å². The van der Waals surface area contributed by atoms with Crippen molar-refractivity contribution in [2.75, 3.05) is 13.1 Å². The lowest BCUT2D eigenvalue weighted by molar-refractivity contribution is 0.0727. The second kappa shape index (κ2) is 4.96. The van der Waals surface area contributed by atoms with Gasteiger partial charge in [0.15, 0.2) is 0 Å². The summed E-state index contributed by atoms with van der Waals surface area (Å²) < 4.78 is 0. The van der Waals surface area contributed by atoms with Crippen LogP contribution in [0.2, 0.25) is 0 Å². The van der Waals surface area contributed by atoms with Gasteiger partial charge in [-0.1, -0.05) is 0 Å². The van der Waals surface area contributed by atoms with Crippen molar-refractivity contribution in [2.24, 2.45) is 0 Å². The summed E-state index contributed by atoms with van der Waals surface area (Å²) in [6.45, 7) is 3.16. The molecule has 1 atom stereocenters. The van der Waals surface area contributed by atoms with Crippen molar-refractivity contribution in [3.63, 3.8) is 0 Å². The number of amides is 1. The van der Waals surface area contributed by atoms with Crippen LogP contribution in [0.15, 0.2) is 18.2 Å². The number of phenols is 1. The Bertz CT molecular complexity index is 433. The van der Waals surface area contributed by atoms with Crippen LogP contribution >= 0.6 is 11.6 Å². The van der Waals surface area contributed by atoms with Gasteiger partial charge in [0, 0.05) is 18.7 Å². The van der Waals surface area contributed by atoms with Crippen LogP contribution in [0.3, 0.4) is 0 Å². The van der Waals surface area contributed by atoms with Crippen LogP contribution in [0.5, 0.6) is 5.75 Å². The summed E-state index contributed by atoms with van der Waals surface area (Å²) in [5.74, 6) is 0.217. The SMILES string of the molecule is Cc1cc(C(=O)N2CCCC(Cl)C2)ccc1O. The highest BCUT2D eigenvalue weighted by Gasteiger charge is 2.23. The minimum Gasteiger partial charge on any atom is -0.508 e. The molecule has 0 saturated carbocycles. The molecule has 0 spiro atoms. The topological polar surface area (TPSA) is 40.5 Å². The summed E-state index contributed by atoms with van der Waals surface area (Å²) in [4.78, 5) is 14.0. The number of phenolic OH excluding ortho intramolecular Hbond substituents is 1. The first-order valence-electron chi connectivity index (χ1n) is 5.81. The van der Waals surface area contributed by atoms with Gasteiger partial charge in [-0.05, 0) is 43.5 Å². The Morgan fingerprint density at radius 3 is 2.94 bits per heavy atom. The summed E-state index contributed by atoms with van der Waals surface area (Å²) in [6, 6.07) is 4.93. The normalized spacial score (nSPS) is 20.4. The average molecular weight is 254 g/mol. The third-order valence-corrected chi connectivity index (χ3v) is 3.45. The number of hydrogen-bond donors (Lipinski definition) is 1. The molecule has 92 valence electrons. The number of likely N-dealkylation sites (tertiary alicyclic amines) is 1. The second-order valence-corrected chi connectivity index (χ2v) is 5.11. The molecule has 0 aromatic heterocycles. The standard InChI is InChI=1S/C13H16ClNO2/c1-9-7-10(4-5-12(9)16)13(17)15-6-2-3-11(14)8-15/h4-5,7,11,16H,2-3,6,8H2,1H3. The monoisotopic (exact) mass is 253 g/mol. The summed E-state index contributed by atoms with van der Waals surface area (Å²) in [7, 11) is 0. The number of alkyl halides is 1. The van der Waals surface area contributed by atoms with Crippen LogP contribution < -0.4 is 0 Å². The van der Waals surface area contributed by atoms with Crippen LogP contribution in [-0.2, 0) is 0 Å².